The second-order valence-electron chi connectivity index (χ2n) is 2.51. The smallest absolute Gasteiger partial charge is 0.406 e. The van der Waals surface area contributed by atoms with Gasteiger partial charge in [-0.25, -0.2) is 0 Å². The van der Waals surface area contributed by atoms with Crippen LogP contribution in [0.1, 0.15) is 5.56 Å². The van der Waals surface area contributed by atoms with Gasteiger partial charge in [0.05, 0.1) is 5.88 Å². The van der Waals surface area contributed by atoms with Gasteiger partial charge in [-0.2, -0.15) is 0 Å². The second-order valence-corrected chi connectivity index (χ2v) is 2.78. The molecule has 1 rings (SSSR count). The molecule has 0 saturated carbocycles. The lowest BCUT2D eigenvalue weighted by Gasteiger charge is -2.08. The maximum Gasteiger partial charge on any atom is 0.573 e. The van der Waals surface area contributed by atoms with Gasteiger partial charge in [-0.15, -0.1) is 24.8 Å². The zero-order valence-electron chi connectivity index (χ0n) is 7.44. The highest BCUT2D eigenvalue weighted by Gasteiger charge is 2.30. The molecule has 1 aromatic rings. The summed E-state index contributed by atoms with van der Waals surface area (Å²) in [5, 5.41) is 0. The van der Waals surface area contributed by atoms with E-state index in [-0.39, 0.29) is 11.6 Å². The first kappa shape index (κ1) is 11.7. The fraction of sp³-hybridized carbons (Fsp3) is 0.200. The van der Waals surface area contributed by atoms with E-state index < -0.39 is 6.36 Å². The molecule has 0 fully saturated rings. The molecule has 80 valence electrons. The van der Waals surface area contributed by atoms with Crippen molar-refractivity contribution in [2.45, 2.75) is 6.36 Å². The van der Waals surface area contributed by atoms with Gasteiger partial charge in [0.1, 0.15) is 5.75 Å². The molecule has 15 heavy (non-hydrogen) atoms. The lowest BCUT2D eigenvalue weighted by atomic mass is 10.2. The summed E-state index contributed by atoms with van der Waals surface area (Å²) < 4.78 is 39.3. The molecule has 0 aliphatic heterocycles. The van der Waals surface area contributed by atoms with Gasteiger partial charge in [-0.05, 0) is 18.2 Å². The standard InChI is InChI=1S/C10H6ClF3O/c11-6-2-4-8-3-1-5-9(7-8)15-10(12,13)14/h1,3,5,7H,6H2. The van der Waals surface area contributed by atoms with Gasteiger partial charge in [-0.1, -0.05) is 17.9 Å². The number of alkyl halides is 4. The molecule has 0 radical (unpaired) electrons. The van der Waals surface area contributed by atoms with E-state index in [1.807, 2.05) is 0 Å². The van der Waals surface area contributed by atoms with Crippen LogP contribution >= 0.6 is 11.6 Å². The monoisotopic (exact) mass is 234 g/mol. The van der Waals surface area contributed by atoms with Gasteiger partial charge in [0.2, 0.25) is 0 Å². The van der Waals surface area contributed by atoms with Crippen LogP contribution in [-0.4, -0.2) is 12.2 Å². The Bertz CT molecular complexity index is 390. The van der Waals surface area contributed by atoms with Crippen LogP contribution in [-0.2, 0) is 0 Å². The molecule has 0 heterocycles. The van der Waals surface area contributed by atoms with Gasteiger partial charge in [0.25, 0.3) is 0 Å². The van der Waals surface area contributed by atoms with E-state index in [1.165, 1.54) is 18.2 Å². The van der Waals surface area contributed by atoms with Crippen LogP contribution in [0.5, 0.6) is 5.75 Å². The summed E-state index contributed by atoms with van der Waals surface area (Å²) in [5.41, 5.74) is 0.428. The molecule has 0 aliphatic carbocycles. The van der Waals surface area contributed by atoms with Crippen molar-refractivity contribution < 1.29 is 17.9 Å². The fourth-order valence-electron chi connectivity index (χ4n) is 0.906. The molecular weight excluding hydrogens is 229 g/mol. The summed E-state index contributed by atoms with van der Waals surface area (Å²) in [5.74, 6) is 4.97. The average Bonchev–Trinajstić information content (AvgIpc) is 2.12. The predicted octanol–water partition coefficient (Wildman–Crippen LogP) is 3.18. The van der Waals surface area contributed by atoms with Gasteiger partial charge in [-0.3, -0.25) is 0 Å². The van der Waals surface area contributed by atoms with E-state index in [2.05, 4.69) is 16.6 Å². The van der Waals surface area contributed by atoms with Gasteiger partial charge >= 0.3 is 6.36 Å². The number of halogens is 4. The quantitative estimate of drug-likeness (QED) is 0.536. The minimum atomic E-state index is -4.68. The molecule has 0 atom stereocenters. The highest BCUT2D eigenvalue weighted by Crippen LogP contribution is 2.22. The lowest BCUT2D eigenvalue weighted by molar-refractivity contribution is -0.274. The van der Waals surface area contributed by atoms with E-state index in [1.54, 1.807) is 6.07 Å². The molecular formula is C10H6ClF3O. The molecule has 0 aromatic heterocycles. The van der Waals surface area contributed by atoms with E-state index >= 15 is 0 Å². The summed E-state index contributed by atoms with van der Waals surface area (Å²) >= 11 is 5.31. The molecule has 1 nitrogen and oxygen atoms in total. The Balaban J connectivity index is 2.83. The summed E-state index contributed by atoms with van der Waals surface area (Å²) in [6.45, 7) is 0. The summed E-state index contributed by atoms with van der Waals surface area (Å²) in [6, 6.07) is 5.41. The largest absolute Gasteiger partial charge is 0.573 e. The first-order valence-corrected chi connectivity index (χ1v) is 4.45. The van der Waals surface area contributed by atoms with Gasteiger partial charge in [0.15, 0.2) is 0 Å². The fourth-order valence-corrected chi connectivity index (χ4v) is 0.973. The Morgan fingerprint density at radius 1 is 1.33 bits per heavy atom. The first-order valence-electron chi connectivity index (χ1n) is 3.92. The minimum absolute atomic E-state index is 0.129. The lowest BCUT2D eigenvalue weighted by Crippen LogP contribution is -2.17. The number of hydrogen-bond donors (Lipinski definition) is 0. The molecule has 0 aliphatic rings. The van der Waals surface area contributed by atoms with Crippen LogP contribution in [0.15, 0.2) is 24.3 Å². The third-order valence-electron chi connectivity index (χ3n) is 1.37. The Hall–Kier alpha value is -1.34. The summed E-state index contributed by atoms with van der Waals surface area (Å²) in [6.07, 6.45) is -4.68. The van der Waals surface area contributed by atoms with E-state index in [0.717, 1.165) is 0 Å². The Morgan fingerprint density at radius 2 is 2.07 bits per heavy atom. The van der Waals surface area contributed by atoms with Crippen molar-refractivity contribution in [2.24, 2.45) is 0 Å². The molecule has 0 bridgehead atoms. The molecule has 0 N–H and O–H groups in total. The first-order chi connectivity index (χ1) is 7.01. The Morgan fingerprint density at radius 3 is 2.67 bits per heavy atom. The van der Waals surface area contributed by atoms with Crippen LogP contribution < -0.4 is 4.74 Å². The van der Waals surface area contributed by atoms with Crippen LogP contribution in [0, 0.1) is 11.8 Å². The van der Waals surface area contributed by atoms with Crippen molar-refractivity contribution in [3.05, 3.63) is 29.8 Å². The average molecular weight is 235 g/mol. The number of benzene rings is 1. The number of rotatable bonds is 1. The SMILES string of the molecule is FC(F)(F)Oc1cccc(C#CCCl)c1. The molecule has 0 amide bonds. The molecule has 0 unspecified atom stereocenters. The minimum Gasteiger partial charge on any atom is -0.406 e. The van der Waals surface area contributed by atoms with Crippen molar-refractivity contribution >= 4 is 11.6 Å². The van der Waals surface area contributed by atoms with Gasteiger partial charge < -0.3 is 4.74 Å². The van der Waals surface area contributed by atoms with E-state index in [0.29, 0.717) is 5.56 Å². The molecule has 0 spiro atoms. The van der Waals surface area contributed by atoms with Crippen molar-refractivity contribution in [1.29, 1.82) is 0 Å². The van der Waals surface area contributed by atoms with Crippen LogP contribution in [0.3, 0.4) is 0 Å². The summed E-state index contributed by atoms with van der Waals surface area (Å²) in [7, 11) is 0. The third kappa shape index (κ3) is 4.61. The predicted molar refractivity (Wildman–Crippen MR) is 50.7 cm³/mol. The molecule has 5 heteroatoms. The van der Waals surface area contributed by atoms with Crippen molar-refractivity contribution in [1.82, 2.24) is 0 Å². The Kier molecular flexibility index (Phi) is 3.87. The molecule has 0 saturated heterocycles. The zero-order valence-corrected chi connectivity index (χ0v) is 8.19. The molecule has 1 aromatic carbocycles. The maximum absolute atomic E-state index is 11.8. The number of ether oxygens (including phenoxy) is 1. The van der Waals surface area contributed by atoms with E-state index in [4.69, 9.17) is 11.6 Å². The van der Waals surface area contributed by atoms with Gasteiger partial charge in [0, 0.05) is 5.56 Å². The maximum atomic E-state index is 11.8. The Labute approximate surface area is 89.8 Å². The topological polar surface area (TPSA) is 9.23 Å². The van der Waals surface area contributed by atoms with Crippen LogP contribution in [0.25, 0.3) is 0 Å². The van der Waals surface area contributed by atoms with Crippen LogP contribution in [0.4, 0.5) is 13.2 Å². The second kappa shape index (κ2) is 4.94. The zero-order chi connectivity index (χ0) is 11.3. The van der Waals surface area contributed by atoms with Crippen molar-refractivity contribution in [3.8, 4) is 17.6 Å². The van der Waals surface area contributed by atoms with E-state index in [9.17, 15) is 13.2 Å². The highest BCUT2D eigenvalue weighted by molar-refractivity contribution is 6.19. The normalized spacial score (nSPS) is 10.4. The van der Waals surface area contributed by atoms with Crippen molar-refractivity contribution in [3.63, 3.8) is 0 Å². The van der Waals surface area contributed by atoms with Crippen molar-refractivity contribution in [2.75, 3.05) is 5.88 Å². The van der Waals surface area contributed by atoms with Crippen LogP contribution in [0.2, 0.25) is 0 Å². The summed E-state index contributed by atoms with van der Waals surface area (Å²) in [4.78, 5) is 0. The number of hydrogen-bond acceptors (Lipinski definition) is 1. The highest BCUT2D eigenvalue weighted by atomic mass is 35.5. The third-order valence-corrected chi connectivity index (χ3v) is 1.50.